The SMILES string of the molecule is Cc1cc(NC(=O)C(C)Oc2ccc(-n3cnnn3)cc2)no1. The molecule has 9 nitrogen and oxygen atoms in total. The summed E-state index contributed by atoms with van der Waals surface area (Å²) in [5.74, 6) is 1.22. The fourth-order valence-corrected chi connectivity index (χ4v) is 1.87. The maximum Gasteiger partial charge on any atom is 0.266 e. The summed E-state index contributed by atoms with van der Waals surface area (Å²) >= 11 is 0. The molecule has 1 amide bonds. The van der Waals surface area contributed by atoms with Crippen LogP contribution >= 0.6 is 0 Å². The van der Waals surface area contributed by atoms with Crippen molar-refractivity contribution in [3.05, 3.63) is 42.4 Å². The van der Waals surface area contributed by atoms with E-state index in [1.165, 1.54) is 11.0 Å². The number of nitrogens with one attached hydrogen (secondary N) is 1. The van der Waals surface area contributed by atoms with E-state index in [2.05, 4.69) is 26.0 Å². The van der Waals surface area contributed by atoms with Gasteiger partial charge in [0.15, 0.2) is 11.9 Å². The molecule has 0 bridgehead atoms. The van der Waals surface area contributed by atoms with Gasteiger partial charge in [0.1, 0.15) is 17.8 Å². The Morgan fingerprint density at radius 2 is 2.13 bits per heavy atom. The summed E-state index contributed by atoms with van der Waals surface area (Å²) in [5.41, 5.74) is 0.789. The maximum atomic E-state index is 12.0. The minimum atomic E-state index is -0.689. The smallest absolute Gasteiger partial charge is 0.266 e. The van der Waals surface area contributed by atoms with Crippen LogP contribution in [-0.4, -0.2) is 37.4 Å². The van der Waals surface area contributed by atoms with E-state index in [4.69, 9.17) is 9.26 Å². The Kier molecular flexibility index (Phi) is 4.00. The average Bonchev–Trinajstić information content (AvgIpc) is 3.20. The van der Waals surface area contributed by atoms with Crippen LogP contribution in [0.5, 0.6) is 5.75 Å². The highest BCUT2D eigenvalue weighted by molar-refractivity contribution is 5.93. The number of hydrogen-bond donors (Lipinski definition) is 1. The van der Waals surface area contributed by atoms with E-state index in [-0.39, 0.29) is 5.91 Å². The molecule has 0 fully saturated rings. The lowest BCUT2D eigenvalue weighted by Crippen LogP contribution is -2.30. The van der Waals surface area contributed by atoms with Gasteiger partial charge in [-0.15, -0.1) is 5.10 Å². The van der Waals surface area contributed by atoms with Gasteiger partial charge in [-0.05, 0) is 48.5 Å². The van der Waals surface area contributed by atoms with E-state index in [0.29, 0.717) is 17.3 Å². The van der Waals surface area contributed by atoms with Gasteiger partial charge in [0.05, 0.1) is 5.69 Å². The molecule has 3 aromatic rings. The van der Waals surface area contributed by atoms with Crippen LogP contribution in [0.3, 0.4) is 0 Å². The summed E-state index contributed by atoms with van der Waals surface area (Å²) in [5, 5.41) is 17.2. The molecule has 0 saturated carbocycles. The third-order valence-corrected chi connectivity index (χ3v) is 3.01. The van der Waals surface area contributed by atoms with Crippen molar-refractivity contribution < 1.29 is 14.1 Å². The van der Waals surface area contributed by atoms with Gasteiger partial charge >= 0.3 is 0 Å². The molecule has 1 atom stereocenters. The van der Waals surface area contributed by atoms with Gasteiger partial charge in [-0.3, -0.25) is 4.79 Å². The monoisotopic (exact) mass is 314 g/mol. The number of amides is 1. The summed E-state index contributed by atoms with van der Waals surface area (Å²) in [6.45, 7) is 3.40. The highest BCUT2D eigenvalue weighted by Gasteiger charge is 2.16. The molecule has 23 heavy (non-hydrogen) atoms. The van der Waals surface area contributed by atoms with Gasteiger partial charge in [0, 0.05) is 6.07 Å². The van der Waals surface area contributed by atoms with Crippen molar-refractivity contribution in [1.29, 1.82) is 0 Å². The Hall–Kier alpha value is -3.23. The van der Waals surface area contributed by atoms with Crippen LogP contribution in [0.25, 0.3) is 5.69 Å². The van der Waals surface area contributed by atoms with Crippen molar-refractivity contribution in [2.45, 2.75) is 20.0 Å². The molecule has 0 radical (unpaired) electrons. The van der Waals surface area contributed by atoms with E-state index < -0.39 is 6.10 Å². The first kappa shape index (κ1) is 14.7. The zero-order chi connectivity index (χ0) is 16.2. The summed E-state index contributed by atoms with van der Waals surface area (Å²) in [7, 11) is 0. The second-order valence-corrected chi connectivity index (χ2v) is 4.82. The molecule has 0 aliphatic rings. The van der Waals surface area contributed by atoms with E-state index in [0.717, 1.165) is 5.69 Å². The molecule has 118 valence electrons. The number of aromatic nitrogens is 5. The molecule has 0 aliphatic heterocycles. The quantitative estimate of drug-likeness (QED) is 0.757. The van der Waals surface area contributed by atoms with Crippen molar-refractivity contribution in [3.63, 3.8) is 0 Å². The number of carbonyl (C=O) groups excluding carboxylic acids is 1. The summed E-state index contributed by atoms with van der Waals surface area (Å²) in [4.78, 5) is 12.0. The molecule has 2 heterocycles. The highest BCUT2D eigenvalue weighted by Crippen LogP contribution is 2.16. The molecule has 1 N–H and O–H groups in total. The fourth-order valence-electron chi connectivity index (χ4n) is 1.87. The van der Waals surface area contributed by atoms with Crippen molar-refractivity contribution in [3.8, 4) is 11.4 Å². The number of carbonyl (C=O) groups is 1. The van der Waals surface area contributed by atoms with Crippen molar-refractivity contribution in [2.75, 3.05) is 5.32 Å². The van der Waals surface area contributed by atoms with E-state index >= 15 is 0 Å². The number of anilines is 1. The predicted molar refractivity (Wildman–Crippen MR) is 79.1 cm³/mol. The highest BCUT2D eigenvalue weighted by atomic mass is 16.5. The third-order valence-electron chi connectivity index (χ3n) is 3.01. The number of benzene rings is 1. The molecular weight excluding hydrogens is 300 g/mol. The lowest BCUT2D eigenvalue weighted by molar-refractivity contribution is -0.122. The normalized spacial score (nSPS) is 11.9. The topological polar surface area (TPSA) is 108 Å². The molecule has 3 rings (SSSR count). The minimum Gasteiger partial charge on any atom is -0.481 e. The number of ether oxygens (including phenoxy) is 1. The number of aryl methyl sites for hydroxylation is 1. The maximum absolute atomic E-state index is 12.0. The van der Waals surface area contributed by atoms with Gasteiger partial charge < -0.3 is 14.6 Å². The van der Waals surface area contributed by atoms with Crippen molar-refractivity contribution in [1.82, 2.24) is 25.4 Å². The summed E-state index contributed by atoms with van der Waals surface area (Å²) in [6.07, 6.45) is 0.803. The van der Waals surface area contributed by atoms with Gasteiger partial charge in [0.2, 0.25) is 0 Å². The number of tetrazole rings is 1. The minimum absolute atomic E-state index is 0.317. The lowest BCUT2D eigenvalue weighted by atomic mass is 10.3. The van der Waals surface area contributed by atoms with E-state index in [1.807, 2.05) is 0 Å². The van der Waals surface area contributed by atoms with Gasteiger partial charge in [0.25, 0.3) is 5.91 Å². The lowest BCUT2D eigenvalue weighted by Gasteiger charge is -2.13. The molecule has 0 spiro atoms. The largest absolute Gasteiger partial charge is 0.481 e. The van der Waals surface area contributed by atoms with E-state index in [9.17, 15) is 4.79 Å². The molecule has 1 unspecified atom stereocenters. The fraction of sp³-hybridized carbons (Fsp3) is 0.214. The first-order valence-electron chi connectivity index (χ1n) is 6.86. The van der Waals surface area contributed by atoms with Gasteiger partial charge in [-0.2, -0.15) is 0 Å². The number of hydrogen-bond acceptors (Lipinski definition) is 7. The summed E-state index contributed by atoms with van der Waals surface area (Å²) in [6, 6.07) is 8.68. The standard InChI is InChI=1S/C14H14N6O3/c1-9-7-13(17-23-9)16-14(21)10(2)22-12-5-3-11(4-6-12)20-8-15-18-19-20/h3-8,10H,1-2H3,(H,16,17,21). The van der Waals surface area contributed by atoms with Gasteiger partial charge in [-0.25, -0.2) is 4.68 Å². The van der Waals surface area contributed by atoms with Crippen molar-refractivity contribution in [2.24, 2.45) is 0 Å². The first-order chi connectivity index (χ1) is 11.1. The number of nitrogens with zero attached hydrogens (tertiary/aromatic N) is 5. The van der Waals surface area contributed by atoms with Crippen LogP contribution in [0.1, 0.15) is 12.7 Å². The van der Waals surface area contributed by atoms with Crippen LogP contribution in [0.15, 0.2) is 41.2 Å². The predicted octanol–water partition coefficient (Wildman–Crippen LogP) is 1.36. The third kappa shape index (κ3) is 3.51. The molecule has 1 aromatic carbocycles. The Labute approximate surface area is 131 Å². The average molecular weight is 314 g/mol. The van der Waals surface area contributed by atoms with E-state index in [1.54, 1.807) is 44.2 Å². The first-order valence-corrected chi connectivity index (χ1v) is 6.86. The zero-order valence-corrected chi connectivity index (χ0v) is 12.5. The molecule has 9 heteroatoms. The summed E-state index contributed by atoms with van der Waals surface area (Å²) < 4.78 is 12.0. The second kappa shape index (κ2) is 6.26. The van der Waals surface area contributed by atoms with Crippen LogP contribution in [0.4, 0.5) is 5.82 Å². The zero-order valence-electron chi connectivity index (χ0n) is 12.5. The molecule has 0 aliphatic carbocycles. The van der Waals surface area contributed by atoms with Crippen molar-refractivity contribution >= 4 is 11.7 Å². The molecular formula is C14H14N6O3. The van der Waals surface area contributed by atoms with Crippen LogP contribution < -0.4 is 10.1 Å². The Morgan fingerprint density at radius 3 is 2.74 bits per heavy atom. The second-order valence-electron chi connectivity index (χ2n) is 4.82. The van der Waals surface area contributed by atoms with Crippen LogP contribution in [0, 0.1) is 6.92 Å². The molecule has 0 saturated heterocycles. The molecule has 2 aromatic heterocycles. The van der Waals surface area contributed by atoms with Crippen LogP contribution in [-0.2, 0) is 4.79 Å². The Morgan fingerprint density at radius 1 is 1.35 bits per heavy atom. The van der Waals surface area contributed by atoms with Gasteiger partial charge in [-0.1, -0.05) is 5.16 Å². The Bertz CT molecular complexity index is 781. The number of rotatable bonds is 5. The Balaban J connectivity index is 1.61. The van der Waals surface area contributed by atoms with Crippen LogP contribution in [0.2, 0.25) is 0 Å².